The Labute approximate surface area is 210 Å². The molecule has 2 heterocycles. The molecular formula is C27H32N4O3S. The maximum absolute atomic E-state index is 13.1. The van der Waals surface area contributed by atoms with Crippen LogP contribution < -0.4 is 10.1 Å². The fourth-order valence-electron chi connectivity index (χ4n) is 4.22. The lowest BCUT2D eigenvalue weighted by Crippen LogP contribution is -2.30. The van der Waals surface area contributed by atoms with Gasteiger partial charge in [-0.15, -0.1) is 11.8 Å². The minimum Gasteiger partial charge on any atom is -0.496 e. The number of nitrogens with one attached hydrogen (secondary N) is 1. The van der Waals surface area contributed by atoms with Gasteiger partial charge in [-0.2, -0.15) is 5.10 Å². The van der Waals surface area contributed by atoms with E-state index < -0.39 is 0 Å². The van der Waals surface area contributed by atoms with E-state index in [1.54, 1.807) is 23.6 Å². The number of nitrogens with zero attached hydrogens (tertiary/aromatic N) is 3. The summed E-state index contributed by atoms with van der Waals surface area (Å²) >= 11 is 1.69. The number of hydrogen-bond donors (Lipinski definition) is 2. The molecular weight excluding hydrogens is 460 g/mol. The third kappa shape index (κ3) is 4.99. The second-order valence-corrected chi connectivity index (χ2v) is 10.3. The molecule has 0 unspecified atom stereocenters. The number of ether oxygens (including phenoxy) is 1. The monoisotopic (exact) mass is 492 g/mol. The third-order valence-corrected chi connectivity index (χ3v) is 6.77. The van der Waals surface area contributed by atoms with Gasteiger partial charge in [-0.25, -0.2) is 4.99 Å². The molecule has 1 aliphatic rings. The molecule has 0 spiro atoms. The van der Waals surface area contributed by atoms with Crippen molar-refractivity contribution in [2.24, 2.45) is 4.99 Å². The number of carbonyl (C=O) groups is 1. The first-order valence-corrected chi connectivity index (χ1v) is 12.9. The average Bonchev–Trinajstić information content (AvgIpc) is 3.14. The van der Waals surface area contributed by atoms with Crippen LogP contribution >= 0.6 is 11.8 Å². The number of aliphatic imine (C=N–C) groups is 1. The Balaban J connectivity index is 1.88. The number of methoxy groups -OCH3 is 1. The Morgan fingerprint density at radius 1 is 1.17 bits per heavy atom. The molecule has 8 heteroatoms. The lowest BCUT2D eigenvalue weighted by atomic mass is 9.91. The van der Waals surface area contributed by atoms with Gasteiger partial charge in [-0.3, -0.25) is 9.48 Å². The molecule has 7 nitrogen and oxygen atoms in total. The fourth-order valence-corrected chi connectivity index (χ4v) is 4.84. The van der Waals surface area contributed by atoms with E-state index >= 15 is 0 Å². The van der Waals surface area contributed by atoms with E-state index in [4.69, 9.17) is 14.8 Å². The summed E-state index contributed by atoms with van der Waals surface area (Å²) < 4.78 is 7.37. The highest BCUT2D eigenvalue weighted by Gasteiger charge is 2.32. The summed E-state index contributed by atoms with van der Waals surface area (Å²) in [7, 11) is 1.67. The fraction of sp³-hybridized carbons (Fsp3) is 0.370. The molecule has 0 aliphatic carbocycles. The lowest BCUT2D eigenvalue weighted by molar-refractivity contribution is 0.0949. The Morgan fingerprint density at radius 2 is 1.94 bits per heavy atom. The van der Waals surface area contributed by atoms with Crippen LogP contribution in [0.4, 0.5) is 5.69 Å². The summed E-state index contributed by atoms with van der Waals surface area (Å²) in [5.74, 6) is 0.572. The van der Waals surface area contributed by atoms with E-state index in [-0.39, 0.29) is 17.9 Å². The van der Waals surface area contributed by atoms with Crippen LogP contribution in [-0.4, -0.2) is 53.0 Å². The highest BCUT2D eigenvalue weighted by Crippen LogP contribution is 2.38. The third-order valence-electron chi connectivity index (χ3n) is 5.97. The van der Waals surface area contributed by atoms with Crippen molar-refractivity contribution in [1.29, 1.82) is 0 Å². The molecule has 0 radical (unpaired) electrons. The zero-order valence-corrected chi connectivity index (χ0v) is 21.7. The van der Waals surface area contributed by atoms with Crippen LogP contribution in [-0.2, 0) is 12.0 Å². The van der Waals surface area contributed by atoms with Crippen molar-refractivity contribution < 1.29 is 14.6 Å². The molecule has 0 bridgehead atoms. The summed E-state index contributed by atoms with van der Waals surface area (Å²) in [6, 6.07) is 14.2. The van der Waals surface area contributed by atoms with Crippen LogP contribution in [0.15, 0.2) is 52.4 Å². The molecule has 2 N–H and O–H groups in total. The minimum atomic E-state index is -0.309. The molecule has 0 saturated carbocycles. The predicted molar refractivity (Wildman–Crippen MR) is 141 cm³/mol. The number of rotatable bonds is 7. The summed E-state index contributed by atoms with van der Waals surface area (Å²) in [4.78, 5) is 19.3. The molecule has 35 heavy (non-hydrogen) atoms. The van der Waals surface area contributed by atoms with Gasteiger partial charge in [0, 0.05) is 29.0 Å². The van der Waals surface area contributed by atoms with Crippen molar-refractivity contribution >= 4 is 29.1 Å². The van der Waals surface area contributed by atoms with E-state index in [0.29, 0.717) is 30.9 Å². The predicted octanol–water partition coefficient (Wildman–Crippen LogP) is 4.82. The van der Waals surface area contributed by atoms with Crippen molar-refractivity contribution in [3.05, 3.63) is 59.4 Å². The molecule has 2 aromatic carbocycles. The highest BCUT2D eigenvalue weighted by molar-refractivity contribution is 7.98. The number of aliphatic hydroxyl groups is 1. The van der Waals surface area contributed by atoms with E-state index in [2.05, 4.69) is 50.5 Å². The van der Waals surface area contributed by atoms with Gasteiger partial charge in [0.1, 0.15) is 11.4 Å². The van der Waals surface area contributed by atoms with Crippen molar-refractivity contribution in [2.45, 2.75) is 44.0 Å². The Kier molecular flexibility index (Phi) is 7.33. The van der Waals surface area contributed by atoms with Gasteiger partial charge in [0.15, 0.2) is 5.69 Å². The SMILES string of the molecule is COc1ccc(C2=Nc3c(C(C)(C)C)nn(CCCO)c3C(=O)NC2)cc1-c1ccccc1SC. The molecule has 1 amide bonds. The van der Waals surface area contributed by atoms with Crippen LogP contribution in [0.3, 0.4) is 0 Å². The Hall–Kier alpha value is -3.10. The normalized spacial score (nSPS) is 13.7. The first-order chi connectivity index (χ1) is 16.8. The van der Waals surface area contributed by atoms with Crippen molar-refractivity contribution in [3.63, 3.8) is 0 Å². The van der Waals surface area contributed by atoms with Gasteiger partial charge >= 0.3 is 0 Å². The van der Waals surface area contributed by atoms with Gasteiger partial charge in [0.05, 0.1) is 25.1 Å². The number of aliphatic hydroxyl groups excluding tert-OH is 1. The van der Waals surface area contributed by atoms with Crippen molar-refractivity contribution in [2.75, 3.05) is 26.5 Å². The van der Waals surface area contributed by atoms with E-state index in [1.165, 1.54) is 0 Å². The number of fused-ring (bicyclic) bond motifs is 1. The topological polar surface area (TPSA) is 88.7 Å². The Morgan fingerprint density at radius 3 is 2.63 bits per heavy atom. The average molecular weight is 493 g/mol. The quantitative estimate of drug-likeness (QED) is 0.462. The van der Waals surface area contributed by atoms with Gasteiger partial charge in [0.2, 0.25) is 0 Å². The zero-order chi connectivity index (χ0) is 25.2. The molecule has 1 aliphatic heterocycles. The van der Waals surface area contributed by atoms with Crippen LogP contribution in [0.5, 0.6) is 5.75 Å². The number of carbonyl (C=O) groups excluding carboxylic acids is 1. The van der Waals surface area contributed by atoms with Crippen LogP contribution in [0, 0.1) is 0 Å². The second kappa shape index (κ2) is 10.3. The van der Waals surface area contributed by atoms with Crippen LogP contribution in [0.1, 0.15) is 48.9 Å². The molecule has 0 atom stereocenters. The molecule has 184 valence electrons. The van der Waals surface area contributed by atoms with Crippen molar-refractivity contribution in [3.8, 4) is 16.9 Å². The summed E-state index contributed by atoms with van der Waals surface area (Å²) in [6.07, 6.45) is 2.57. The first kappa shape index (κ1) is 25.0. The largest absolute Gasteiger partial charge is 0.496 e. The molecule has 3 aromatic rings. The molecule has 0 fully saturated rings. The van der Waals surface area contributed by atoms with Gasteiger partial charge in [0.25, 0.3) is 5.91 Å². The summed E-state index contributed by atoms with van der Waals surface area (Å²) in [5, 5.41) is 17.1. The lowest BCUT2D eigenvalue weighted by Gasteiger charge is -2.17. The standard InChI is InChI=1S/C27H32N4O3S/c1-27(2,3)25-23-24(31(30-25)13-8-14-32)26(33)28-16-20(29-23)17-11-12-21(34-4)19(15-17)18-9-6-7-10-22(18)35-5/h6-7,9-12,15,32H,8,13-14,16H2,1-5H3,(H,28,33). The molecule has 0 saturated heterocycles. The van der Waals surface area contributed by atoms with Gasteiger partial charge < -0.3 is 15.2 Å². The number of amides is 1. The van der Waals surface area contributed by atoms with Crippen LogP contribution in [0.25, 0.3) is 11.1 Å². The number of thioether (sulfide) groups is 1. The highest BCUT2D eigenvalue weighted by atomic mass is 32.2. The maximum atomic E-state index is 13.1. The smallest absolute Gasteiger partial charge is 0.272 e. The second-order valence-electron chi connectivity index (χ2n) is 9.45. The molecule has 4 rings (SSSR count). The summed E-state index contributed by atoms with van der Waals surface area (Å²) in [5.41, 5.74) is 5.23. The van der Waals surface area contributed by atoms with Gasteiger partial charge in [-0.05, 0) is 48.1 Å². The van der Waals surface area contributed by atoms with E-state index in [0.717, 1.165) is 38.7 Å². The van der Waals surface area contributed by atoms with Crippen LogP contribution in [0.2, 0.25) is 0 Å². The van der Waals surface area contributed by atoms with E-state index in [1.807, 2.05) is 24.3 Å². The van der Waals surface area contributed by atoms with E-state index in [9.17, 15) is 9.90 Å². The number of benzene rings is 2. The summed E-state index contributed by atoms with van der Waals surface area (Å²) in [6.45, 7) is 6.97. The zero-order valence-electron chi connectivity index (χ0n) is 20.9. The van der Waals surface area contributed by atoms with Gasteiger partial charge in [-0.1, -0.05) is 39.0 Å². The number of aryl methyl sites for hydroxylation is 1. The maximum Gasteiger partial charge on any atom is 0.272 e. The number of aromatic nitrogens is 2. The van der Waals surface area contributed by atoms with Crippen molar-refractivity contribution in [1.82, 2.24) is 15.1 Å². The number of hydrogen-bond acceptors (Lipinski definition) is 6. The molecule has 1 aromatic heterocycles. The minimum absolute atomic E-state index is 0.0295. The first-order valence-electron chi connectivity index (χ1n) is 11.7. The Bertz CT molecular complexity index is 1270.